The number of hydrogen-bond donors (Lipinski definition) is 0. The first kappa shape index (κ1) is 19.7. The summed E-state index contributed by atoms with van der Waals surface area (Å²) >= 11 is 0. The maximum Gasteiger partial charge on any atom is 0.420 e. The Balaban J connectivity index is 2.10. The second kappa shape index (κ2) is 8.68. The number of hydrogen-bond acceptors (Lipinski definition) is 2. The highest BCUT2D eigenvalue weighted by atomic mass is 19.4. The molecule has 0 saturated heterocycles. The average molecular weight is 360 g/mol. The van der Waals surface area contributed by atoms with Gasteiger partial charge < -0.3 is 4.74 Å². The third kappa shape index (κ3) is 5.19. The number of ether oxygens (including phenoxy) is 1. The van der Waals surface area contributed by atoms with Gasteiger partial charge in [0.2, 0.25) is 0 Å². The van der Waals surface area contributed by atoms with Crippen molar-refractivity contribution < 1.29 is 27.1 Å². The highest BCUT2D eigenvalue weighted by Crippen LogP contribution is 2.38. The molecule has 0 N–H and O–H groups in total. The van der Waals surface area contributed by atoms with E-state index in [0.29, 0.717) is 12.3 Å². The molecule has 0 radical (unpaired) electrons. The van der Waals surface area contributed by atoms with Crippen molar-refractivity contribution in [1.82, 2.24) is 0 Å². The highest BCUT2D eigenvalue weighted by Gasteiger charge is 2.40. The third-order valence-corrected chi connectivity index (χ3v) is 4.73. The molecule has 1 saturated carbocycles. The fourth-order valence-corrected chi connectivity index (χ4v) is 3.50. The van der Waals surface area contributed by atoms with E-state index >= 15 is 0 Å². The van der Waals surface area contributed by atoms with E-state index in [0.717, 1.165) is 31.4 Å². The molecule has 0 atom stereocenters. The first-order valence-electron chi connectivity index (χ1n) is 8.90. The Bertz CT molecular complexity index is 590. The minimum absolute atomic E-state index is 0.00695. The lowest BCUT2D eigenvalue weighted by Gasteiger charge is -2.21. The van der Waals surface area contributed by atoms with Crippen LogP contribution in [0, 0.1) is 11.7 Å². The lowest BCUT2D eigenvalue weighted by molar-refractivity contribution is -0.140. The van der Waals surface area contributed by atoms with Gasteiger partial charge in [0, 0.05) is 12.0 Å². The number of ketones is 1. The molecule has 0 bridgehead atoms. The second-order valence-electron chi connectivity index (χ2n) is 6.55. The molecular weight excluding hydrogens is 336 g/mol. The van der Waals surface area contributed by atoms with Crippen LogP contribution in [0.4, 0.5) is 17.6 Å². The maximum atomic E-state index is 14.2. The standard InChI is InChI=1S/C19H24F4O2/c1-2-25-16-12-11-14(17(18(16)20)19(21,22)23)15(24)10-6-9-13-7-4-3-5-8-13/h11-13H,2-10H2,1H3. The molecule has 140 valence electrons. The first-order chi connectivity index (χ1) is 11.8. The van der Waals surface area contributed by atoms with E-state index < -0.39 is 34.7 Å². The van der Waals surface area contributed by atoms with Gasteiger partial charge in [-0.25, -0.2) is 4.39 Å². The zero-order valence-electron chi connectivity index (χ0n) is 14.4. The molecular formula is C19H24F4O2. The number of Topliss-reactive ketones (excluding diaryl/α,β-unsaturated/α-hetero) is 1. The first-order valence-corrected chi connectivity index (χ1v) is 8.90. The summed E-state index contributed by atoms with van der Waals surface area (Å²) < 4.78 is 58.8. The van der Waals surface area contributed by atoms with Crippen molar-refractivity contribution >= 4 is 5.78 Å². The van der Waals surface area contributed by atoms with Crippen molar-refractivity contribution in [2.24, 2.45) is 5.92 Å². The predicted molar refractivity (Wildman–Crippen MR) is 87.3 cm³/mol. The van der Waals surface area contributed by atoms with Crippen LogP contribution < -0.4 is 4.74 Å². The summed E-state index contributed by atoms with van der Waals surface area (Å²) in [5, 5.41) is 0. The fourth-order valence-electron chi connectivity index (χ4n) is 3.50. The SMILES string of the molecule is CCOc1ccc(C(=O)CCCC2CCCCC2)c(C(F)(F)F)c1F. The van der Waals surface area contributed by atoms with Crippen LogP contribution in [-0.4, -0.2) is 12.4 Å². The van der Waals surface area contributed by atoms with E-state index in [4.69, 9.17) is 4.74 Å². The van der Waals surface area contributed by atoms with E-state index in [1.54, 1.807) is 6.92 Å². The Morgan fingerprint density at radius 3 is 2.48 bits per heavy atom. The quantitative estimate of drug-likeness (QED) is 0.429. The minimum atomic E-state index is -4.94. The summed E-state index contributed by atoms with van der Waals surface area (Å²) in [7, 11) is 0. The Morgan fingerprint density at radius 1 is 1.20 bits per heavy atom. The third-order valence-electron chi connectivity index (χ3n) is 4.73. The van der Waals surface area contributed by atoms with Crippen LogP contribution in [0.1, 0.15) is 74.2 Å². The Hall–Kier alpha value is -1.59. The van der Waals surface area contributed by atoms with E-state index in [1.165, 1.54) is 19.3 Å². The molecule has 2 nitrogen and oxygen atoms in total. The summed E-state index contributed by atoms with van der Waals surface area (Å²) in [5.74, 6) is -2.09. The van der Waals surface area contributed by atoms with E-state index in [1.807, 2.05) is 0 Å². The van der Waals surface area contributed by atoms with Crippen LogP contribution in [-0.2, 0) is 6.18 Å². The number of rotatable bonds is 7. The maximum absolute atomic E-state index is 14.2. The van der Waals surface area contributed by atoms with Gasteiger partial charge >= 0.3 is 6.18 Å². The monoisotopic (exact) mass is 360 g/mol. The summed E-state index contributed by atoms with van der Waals surface area (Å²) in [6.45, 7) is 1.60. The smallest absolute Gasteiger partial charge is 0.420 e. The van der Waals surface area contributed by atoms with Crippen LogP contribution in [0.2, 0.25) is 0 Å². The molecule has 0 unspecified atom stereocenters. The van der Waals surface area contributed by atoms with Gasteiger partial charge in [-0.05, 0) is 31.4 Å². The lowest BCUT2D eigenvalue weighted by atomic mass is 9.85. The zero-order chi connectivity index (χ0) is 18.4. The van der Waals surface area contributed by atoms with Crippen molar-refractivity contribution in [3.8, 4) is 5.75 Å². The molecule has 0 spiro atoms. The Labute approximate surface area is 145 Å². The van der Waals surface area contributed by atoms with Crippen molar-refractivity contribution in [2.45, 2.75) is 64.5 Å². The average Bonchev–Trinajstić information content (AvgIpc) is 2.56. The number of carbonyl (C=O) groups is 1. The summed E-state index contributed by atoms with van der Waals surface area (Å²) in [6.07, 6.45) is 2.29. The van der Waals surface area contributed by atoms with Crippen LogP contribution in [0.15, 0.2) is 12.1 Å². The normalized spacial score (nSPS) is 16.0. The number of alkyl halides is 3. The molecule has 6 heteroatoms. The molecule has 1 aliphatic rings. The van der Waals surface area contributed by atoms with Gasteiger partial charge in [-0.3, -0.25) is 4.79 Å². The second-order valence-corrected chi connectivity index (χ2v) is 6.55. The predicted octanol–water partition coefficient (Wildman–Crippen LogP) is 6.18. The van der Waals surface area contributed by atoms with Crippen LogP contribution in [0.5, 0.6) is 5.75 Å². The number of halogens is 4. The molecule has 1 aromatic rings. The lowest BCUT2D eigenvalue weighted by Crippen LogP contribution is -2.17. The van der Waals surface area contributed by atoms with Crippen molar-refractivity contribution in [3.05, 3.63) is 29.1 Å². The van der Waals surface area contributed by atoms with Gasteiger partial charge in [0.1, 0.15) is 5.56 Å². The molecule has 25 heavy (non-hydrogen) atoms. The molecule has 2 rings (SSSR count). The molecule has 0 aliphatic heterocycles. The van der Waals surface area contributed by atoms with E-state index in [2.05, 4.69) is 0 Å². The van der Waals surface area contributed by atoms with E-state index in [-0.39, 0.29) is 13.0 Å². The molecule has 0 amide bonds. The topological polar surface area (TPSA) is 26.3 Å². The minimum Gasteiger partial charge on any atom is -0.491 e. The van der Waals surface area contributed by atoms with E-state index in [9.17, 15) is 22.4 Å². The van der Waals surface area contributed by atoms with Gasteiger partial charge in [-0.1, -0.05) is 38.5 Å². The molecule has 0 heterocycles. The number of benzene rings is 1. The highest BCUT2D eigenvalue weighted by molar-refractivity contribution is 5.97. The summed E-state index contributed by atoms with van der Waals surface area (Å²) in [5.41, 5.74) is -2.11. The van der Waals surface area contributed by atoms with Gasteiger partial charge in [0.15, 0.2) is 17.3 Å². The van der Waals surface area contributed by atoms with Gasteiger partial charge in [0.05, 0.1) is 6.61 Å². The molecule has 1 aromatic carbocycles. The van der Waals surface area contributed by atoms with Gasteiger partial charge in [-0.15, -0.1) is 0 Å². The fraction of sp³-hybridized carbons (Fsp3) is 0.632. The van der Waals surface area contributed by atoms with Gasteiger partial charge in [0.25, 0.3) is 0 Å². The Morgan fingerprint density at radius 2 is 1.88 bits per heavy atom. The summed E-state index contributed by atoms with van der Waals surface area (Å²) in [6, 6.07) is 2.13. The van der Waals surface area contributed by atoms with Crippen molar-refractivity contribution in [2.75, 3.05) is 6.61 Å². The molecule has 0 aromatic heterocycles. The Kier molecular flexibility index (Phi) is 6.85. The largest absolute Gasteiger partial charge is 0.491 e. The number of carbonyl (C=O) groups excluding carboxylic acids is 1. The molecule has 1 fully saturated rings. The van der Waals surface area contributed by atoms with Gasteiger partial charge in [-0.2, -0.15) is 13.2 Å². The zero-order valence-corrected chi connectivity index (χ0v) is 14.4. The van der Waals surface area contributed by atoms with Crippen LogP contribution >= 0.6 is 0 Å². The molecule has 1 aliphatic carbocycles. The van der Waals surface area contributed by atoms with Crippen molar-refractivity contribution in [3.63, 3.8) is 0 Å². The van der Waals surface area contributed by atoms with Crippen LogP contribution in [0.3, 0.4) is 0 Å². The summed E-state index contributed by atoms with van der Waals surface area (Å²) in [4.78, 5) is 12.3. The van der Waals surface area contributed by atoms with Crippen molar-refractivity contribution in [1.29, 1.82) is 0 Å². The van der Waals surface area contributed by atoms with Crippen LogP contribution in [0.25, 0.3) is 0 Å².